The number of ether oxygens (including phenoxy) is 2. The average Bonchev–Trinajstić information content (AvgIpc) is 2.73. The molecule has 9 heteroatoms. The van der Waals surface area contributed by atoms with Gasteiger partial charge in [-0.3, -0.25) is 14.9 Å². The average molecular weight is 508 g/mol. The highest BCUT2D eigenvalue weighted by Crippen LogP contribution is 2.38. The maximum Gasteiger partial charge on any atom is 0.335 e. The highest BCUT2D eigenvalue weighted by atomic mass is 79.9. The normalized spacial score (nSPS) is 16.4. The topological polar surface area (TPSA) is 84.9 Å². The quantitative estimate of drug-likeness (QED) is 0.441. The number of halogens is 2. The highest BCUT2D eigenvalue weighted by molar-refractivity contribution is 9.10. The number of hydrogen-bond donors (Lipinski definition) is 1. The van der Waals surface area contributed by atoms with Gasteiger partial charge in [-0.05, 0) is 77.3 Å². The van der Waals surface area contributed by atoms with Crippen molar-refractivity contribution < 1.29 is 23.9 Å². The molecule has 162 valence electrons. The number of imide groups is 2. The van der Waals surface area contributed by atoms with Crippen LogP contribution in [0.1, 0.15) is 25.8 Å². The molecule has 1 N–H and O–H groups in total. The van der Waals surface area contributed by atoms with Crippen LogP contribution in [0.5, 0.6) is 11.5 Å². The van der Waals surface area contributed by atoms with Crippen LogP contribution in [0.4, 0.5) is 10.5 Å². The SMILES string of the molecule is CC[C@@H](C)Oc1c(Br)cc(/C=C2\C(=O)NC(=O)N(c3ccc(Cl)cc3)C2=O)cc1OC. The van der Waals surface area contributed by atoms with Crippen molar-refractivity contribution in [3.8, 4) is 11.5 Å². The van der Waals surface area contributed by atoms with E-state index in [1.54, 1.807) is 24.3 Å². The van der Waals surface area contributed by atoms with Gasteiger partial charge in [0.15, 0.2) is 11.5 Å². The van der Waals surface area contributed by atoms with Crippen LogP contribution in [0.15, 0.2) is 46.4 Å². The Morgan fingerprint density at radius 1 is 1.19 bits per heavy atom. The Morgan fingerprint density at radius 3 is 2.48 bits per heavy atom. The zero-order chi connectivity index (χ0) is 22.7. The molecule has 31 heavy (non-hydrogen) atoms. The molecule has 0 unspecified atom stereocenters. The first-order chi connectivity index (χ1) is 14.7. The number of barbiturate groups is 1. The number of benzene rings is 2. The van der Waals surface area contributed by atoms with Gasteiger partial charge in [0.05, 0.1) is 23.4 Å². The predicted octanol–water partition coefficient (Wildman–Crippen LogP) is 4.95. The maximum absolute atomic E-state index is 13.0. The van der Waals surface area contributed by atoms with Crippen molar-refractivity contribution in [2.45, 2.75) is 26.4 Å². The standard InChI is InChI=1S/C22H20BrClN2O5/c1-4-12(2)31-19-17(23)10-13(11-18(19)30-3)9-16-20(27)25-22(29)26(21(16)28)15-7-5-14(24)6-8-15/h5-12H,4H2,1-3H3,(H,25,27,29)/b16-9+/t12-/m1/s1. The number of rotatable bonds is 6. The smallest absolute Gasteiger partial charge is 0.335 e. The van der Waals surface area contributed by atoms with Gasteiger partial charge in [-0.2, -0.15) is 0 Å². The summed E-state index contributed by atoms with van der Waals surface area (Å²) < 4.78 is 11.9. The minimum Gasteiger partial charge on any atom is -0.493 e. The van der Waals surface area contributed by atoms with Crippen LogP contribution in [-0.4, -0.2) is 31.1 Å². The van der Waals surface area contributed by atoms with E-state index in [1.165, 1.54) is 25.3 Å². The molecule has 3 rings (SSSR count). The third-order valence-electron chi connectivity index (χ3n) is 4.64. The molecule has 4 amide bonds. The van der Waals surface area contributed by atoms with E-state index in [0.29, 0.717) is 32.2 Å². The Bertz CT molecular complexity index is 1070. The van der Waals surface area contributed by atoms with E-state index in [0.717, 1.165) is 11.3 Å². The Balaban J connectivity index is 2.00. The summed E-state index contributed by atoms with van der Waals surface area (Å²) in [7, 11) is 1.50. The molecule has 1 heterocycles. The van der Waals surface area contributed by atoms with Crippen LogP contribution in [0.2, 0.25) is 5.02 Å². The minimum atomic E-state index is -0.828. The van der Waals surface area contributed by atoms with Gasteiger partial charge in [0, 0.05) is 5.02 Å². The number of nitrogens with one attached hydrogen (secondary N) is 1. The predicted molar refractivity (Wildman–Crippen MR) is 122 cm³/mol. The van der Waals surface area contributed by atoms with E-state index in [-0.39, 0.29) is 11.7 Å². The fourth-order valence-electron chi connectivity index (χ4n) is 2.87. The molecular weight excluding hydrogens is 488 g/mol. The lowest BCUT2D eigenvalue weighted by Crippen LogP contribution is -2.54. The van der Waals surface area contributed by atoms with E-state index >= 15 is 0 Å². The van der Waals surface area contributed by atoms with Gasteiger partial charge in [0.2, 0.25) is 0 Å². The van der Waals surface area contributed by atoms with Gasteiger partial charge >= 0.3 is 6.03 Å². The number of anilines is 1. The van der Waals surface area contributed by atoms with Gasteiger partial charge in [0.1, 0.15) is 5.57 Å². The van der Waals surface area contributed by atoms with Crippen molar-refractivity contribution in [2.75, 3.05) is 12.0 Å². The number of urea groups is 1. The van der Waals surface area contributed by atoms with Crippen molar-refractivity contribution in [2.24, 2.45) is 0 Å². The van der Waals surface area contributed by atoms with Gasteiger partial charge in [-0.25, -0.2) is 9.69 Å². The van der Waals surface area contributed by atoms with Crippen molar-refractivity contribution in [1.29, 1.82) is 0 Å². The Kier molecular flexibility index (Phi) is 7.02. The van der Waals surface area contributed by atoms with Gasteiger partial charge in [-0.15, -0.1) is 0 Å². The first kappa shape index (κ1) is 22.8. The van der Waals surface area contributed by atoms with Crippen LogP contribution >= 0.6 is 27.5 Å². The molecule has 1 fully saturated rings. The third kappa shape index (κ3) is 4.91. The van der Waals surface area contributed by atoms with Crippen LogP contribution in [0, 0.1) is 0 Å². The van der Waals surface area contributed by atoms with Crippen molar-refractivity contribution in [3.63, 3.8) is 0 Å². The molecule has 0 radical (unpaired) electrons. The Morgan fingerprint density at radius 2 is 1.87 bits per heavy atom. The molecule has 0 bridgehead atoms. The fourth-order valence-corrected chi connectivity index (χ4v) is 3.55. The molecule has 1 aliphatic rings. The van der Waals surface area contributed by atoms with Crippen LogP contribution < -0.4 is 19.7 Å². The molecule has 1 aliphatic heterocycles. The van der Waals surface area contributed by atoms with Gasteiger partial charge in [-0.1, -0.05) is 18.5 Å². The summed E-state index contributed by atoms with van der Waals surface area (Å²) >= 11 is 9.34. The number of methoxy groups -OCH3 is 1. The lowest BCUT2D eigenvalue weighted by atomic mass is 10.1. The van der Waals surface area contributed by atoms with E-state index in [4.69, 9.17) is 21.1 Å². The Hall–Kier alpha value is -2.84. The second-order valence-corrected chi connectivity index (χ2v) is 8.10. The number of hydrogen-bond acceptors (Lipinski definition) is 5. The van der Waals surface area contributed by atoms with Gasteiger partial charge in [0.25, 0.3) is 11.8 Å². The van der Waals surface area contributed by atoms with Crippen LogP contribution in [-0.2, 0) is 9.59 Å². The fraction of sp³-hybridized carbons (Fsp3) is 0.227. The molecule has 2 aromatic rings. The van der Waals surface area contributed by atoms with Crippen molar-refractivity contribution in [3.05, 3.63) is 57.0 Å². The van der Waals surface area contributed by atoms with Crippen LogP contribution in [0.3, 0.4) is 0 Å². The molecule has 1 atom stereocenters. The molecule has 0 aromatic heterocycles. The lowest BCUT2D eigenvalue weighted by Gasteiger charge is -2.26. The van der Waals surface area contributed by atoms with E-state index in [1.807, 2.05) is 13.8 Å². The third-order valence-corrected chi connectivity index (χ3v) is 5.48. The summed E-state index contributed by atoms with van der Waals surface area (Å²) in [6.07, 6.45) is 2.18. The molecular formula is C22H20BrClN2O5. The lowest BCUT2D eigenvalue weighted by molar-refractivity contribution is -0.122. The molecule has 7 nitrogen and oxygen atoms in total. The minimum absolute atomic E-state index is 0.0287. The number of carbonyl (C=O) groups excluding carboxylic acids is 3. The first-order valence-electron chi connectivity index (χ1n) is 9.46. The summed E-state index contributed by atoms with van der Waals surface area (Å²) in [6.45, 7) is 3.94. The van der Waals surface area contributed by atoms with E-state index in [9.17, 15) is 14.4 Å². The molecule has 2 aromatic carbocycles. The summed E-state index contributed by atoms with van der Waals surface area (Å²) in [5, 5.41) is 2.65. The number of amides is 4. The van der Waals surface area contributed by atoms with E-state index < -0.39 is 17.8 Å². The van der Waals surface area contributed by atoms with Crippen LogP contribution in [0.25, 0.3) is 6.08 Å². The summed E-state index contributed by atoms with van der Waals surface area (Å²) in [4.78, 5) is 38.6. The zero-order valence-electron chi connectivity index (χ0n) is 17.1. The molecule has 0 spiro atoms. The first-order valence-corrected chi connectivity index (χ1v) is 10.6. The van der Waals surface area contributed by atoms with Gasteiger partial charge < -0.3 is 9.47 Å². The number of carbonyl (C=O) groups is 3. The largest absolute Gasteiger partial charge is 0.493 e. The zero-order valence-corrected chi connectivity index (χ0v) is 19.4. The monoisotopic (exact) mass is 506 g/mol. The summed E-state index contributed by atoms with van der Waals surface area (Å²) in [5.74, 6) is -0.562. The second-order valence-electron chi connectivity index (χ2n) is 6.81. The van der Waals surface area contributed by atoms with Crippen molar-refractivity contribution in [1.82, 2.24) is 5.32 Å². The molecule has 0 aliphatic carbocycles. The number of nitrogens with zero attached hydrogens (tertiary/aromatic N) is 1. The van der Waals surface area contributed by atoms with Crippen molar-refractivity contribution >= 4 is 57.1 Å². The second kappa shape index (κ2) is 9.53. The Labute approximate surface area is 193 Å². The maximum atomic E-state index is 13.0. The summed E-state index contributed by atoms with van der Waals surface area (Å²) in [5.41, 5.74) is 0.615. The molecule has 0 saturated carbocycles. The summed E-state index contributed by atoms with van der Waals surface area (Å²) in [6, 6.07) is 8.67. The highest BCUT2D eigenvalue weighted by Gasteiger charge is 2.36. The van der Waals surface area contributed by atoms with E-state index in [2.05, 4.69) is 21.2 Å². The molecule has 1 saturated heterocycles.